The molecule has 0 bridgehead atoms. The highest BCUT2D eigenvalue weighted by Gasteiger charge is 2.34. The highest BCUT2D eigenvalue weighted by Crippen LogP contribution is 2.43. The zero-order valence-corrected chi connectivity index (χ0v) is 13.6. The Morgan fingerprint density at radius 1 is 1.05 bits per heavy atom. The lowest BCUT2D eigenvalue weighted by Crippen LogP contribution is -2.34. The molecule has 3 rings (SSSR count). The van der Waals surface area contributed by atoms with Gasteiger partial charge in [-0.25, -0.2) is 0 Å². The average molecular weight is 286 g/mol. The van der Waals surface area contributed by atoms with Crippen LogP contribution in [-0.2, 0) is 6.42 Å². The van der Waals surface area contributed by atoms with Gasteiger partial charge in [0.25, 0.3) is 0 Å². The van der Waals surface area contributed by atoms with Crippen molar-refractivity contribution in [2.75, 3.05) is 0 Å². The molecule has 2 saturated carbocycles. The van der Waals surface area contributed by atoms with Crippen molar-refractivity contribution in [1.29, 1.82) is 0 Å². The van der Waals surface area contributed by atoms with E-state index in [0.717, 1.165) is 18.3 Å². The van der Waals surface area contributed by atoms with Crippen LogP contribution in [0.25, 0.3) is 0 Å². The van der Waals surface area contributed by atoms with Gasteiger partial charge in [0.15, 0.2) is 0 Å². The van der Waals surface area contributed by atoms with E-state index in [1.54, 1.807) is 0 Å². The van der Waals surface area contributed by atoms with Gasteiger partial charge in [-0.1, -0.05) is 49.4 Å². The minimum Gasteiger partial charge on any atom is -0.392 e. The second-order valence-corrected chi connectivity index (χ2v) is 7.58. The first-order valence-corrected chi connectivity index (χ1v) is 8.87. The standard InChI is InChI=1S/C20H30O/c1-14-7-8-15(2)19(11-14)13-20(21)18-10-9-16-5-3-4-6-17(16)12-18/h7-8,11,16-18,20-21H,3-6,9-10,12-13H2,1-2H3. The van der Waals surface area contributed by atoms with Crippen LogP contribution in [0.15, 0.2) is 18.2 Å². The van der Waals surface area contributed by atoms with E-state index in [9.17, 15) is 5.11 Å². The zero-order valence-electron chi connectivity index (χ0n) is 13.6. The molecule has 0 saturated heterocycles. The van der Waals surface area contributed by atoms with Gasteiger partial charge in [0.2, 0.25) is 0 Å². The highest BCUT2D eigenvalue weighted by molar-refractivity contribution is 5.31. The predicted molar refractivity (Wildman–Crippen MR) is 88.4 cm³/mol. The summed E-state index contributed by atoms with van der Waals surface area (Å²) in [5, 5.41) is 10.7. The van der Waals surface area contributed by atoms with E-state index in [4.69, 9.17) is 0 Å². The van der Waals surface area contributed by atoms with Gasteiger partial charge in [-0.3, -0.25) is 0 Å². The largest absolute Gasteiger partial charge is 0.392 e. The molecule has 1 heteroatoms. The van der Waals surface area contributed by atoms with Crippen molar-refractivity contribution in [3.8, 4) is 0 Å². The summed E-state index contributed by atoms with van der Waals surface area (Å²) in [6.07, 6.45) is 10.3. The van der Waals surface area contributed by atoms with E-state index >= 15 is 0 Å². The van der Waals surface area contributed by atoms with Crippen molar-refractivity contribution in [2.24, 2.45) is 17.8 Å². The molecule has 2 aliphatic rings. The maximum Gasteiger partial charge on any atom is 0.0608 e. The molecule has 0 amide bonds. The van der Waals surface area contributed by atoms with E-state index in [1.807, 2.05) is 0 Å². The number of aliphatic hydroxyl groups is 1. The third-order valence-electron chi connectivity index (χ3n) is 6.06. The van der Waals surface area contributed by atoms with Crippen molar-refractivity contribution in [3.05, 3.63) is 34.9 Å². The van der Waals surface area contributed by atoms with Crippen LogP contribution in [0.3, 0.4) is 0 Å². The van der Waals surface area contributed by atoms with Crippen LogP contribution in [0, 0.1) is 31.6 Å². The van der Waals surface area contributed by atoms with Gasteiger partial charge in [0.05, 0.1) is 6.10 Å². The van der Waals surface area contributed by atoms with E-state index in [2.05, 4.69) is 32.0 Å². The molecule has 2 fully saturated rings. The fraction of sp³-hybridized carbons (Fsp3) is 0.700. The normalized spacial score (nSPS) is 30.7. The first-order valence-electron chi connectivity index (χ1n) is 8.87. The first kappa shape index (κ1) is 15.1. The molecule has 1 nitrogen and oxygen atoms in total. The monoisotopic (exact) mass is 286 g/mol. The van der Waals surface area contributed by atoms with Crippen LogP contribution in [0.1, 0.15) is 61.6 Å². The maximum absolute atomic E-state index is 10.7. The lowest BCUT2D eigenvalue weighted by atomic mass is 9.66. The summed E-state index contributed by atoms with van der Waals surface area (Å²) in [7, 11) is 0. The zero-order chi connectivity index (χ0) is 14.8. The molecule has 4 unspecified atom stereocenters. The molecule has 1 aromatic carbocycles. The fourth-order valence-corrected chi connectivity index (χ4v) is 4.67. The van der Waals surface area contributed by atoms with Gasteiger partial charge in [0, 0.05) is 0 Å². The summed E-state index contributed by atoms with van der Waals surface area (Å²) in [4.78, 5) is 0. The second-order valence-electron chi connectivity index (χ2n) is 7.58. The number of benzene rings is 1. The summed E-state index contributed by atoms with van der Waals surface area (Å²) < 4.78 is 0. The first-order chi connectivity index (χ1) is 10.1. The second kappa shape index (κ2) is 6.52. The van der Waals surface area contributed by atoms with Crippen LogP contribution >= 0.6 is 0 Å². The van der Waals surface area contributed by atoms with Gasteiger partial charge in [0.1, 0.15) is 0 Å². The number of aliphatic hydroxyl groups excluding tert-OH is 1. The van der Waals surface area contributed by atoms with Gasteiger partial charge >= 0.3 is 0 Å². The van der Waals surface area contributed by atoms with Crippen LogP contribution in [-0.4, -0.2) is 11.2 Å². The maximum atomic E-state index is 10.7. The number of hydrogen-bond acceptors (Lipinski definition) is 1. The molecule has 0 aliphatic heterocycles. The summed E-state index contributed by atoms with van der Waals surface area (Å²) in [6, 6.07) is 6.61. The lowest BCUT2D eigenvalue weighted by Gasteiger charge is -2.41. The quantitative estimate of drug-likeness (QED) is 0.845. The van der Waals surface area contributed by atoms with Crippen LogP contribution in [0.2, 0.25) is 0 Å². The Hall–Kier alpha value is -0.820. The summed E-state index contributed by atoms with van der Waals surface area (Å²) >= 11 is 0. The Morgan fingerprint density at radius 3 is 2.62 bits per heavy atom. The van der Waals surface area contributed by atoms with E-state index in [-0.39, 0.29) is 6.10 Å². The molecule has 21 heavy (non-hydrogen) atoms. The molecular formula is C20H30O. The number of aryl methyl sites for hydroxylation is 2. The smallest absolute Gasteiger partial charge is 0.0608 e. The van der Waals surface area contributed by atoms with Crippen molar-refractivity contribution in [3.63, 3.8) is 0 Å². The Balaban J connectivity index is 1.62. The van der Waals surface area contributed by atoms with Crippen molar-refractivity contribution < 1.29 is 5.11 Å². The summed E-state index contributed by atoms with van der Waals surface area (Å²) in [6.45, 7) is 4.31. The molecule has 2 aliphatic carbocycles. The van der Waals surface area contributed by atoms with Gasteiger partial charge in [-0.2, -0.15) is 0 Å². The third-order valence-corrected chi connectivity index (χ3v) is 6.06. The number of hydrogen-bond donors (Lipinski definition) is 1. The van der Waals surface area contributed by atoms with Crippen molar-refractivity contribution >= 4 is 0 Å². The molecule has 1 N–H and O–H groups in total. The minimum absolute atomic E-state index is 0.145. The van der Waals surface area contributed by atoms with Crippen LogP contribution in [0.5, 0.6) is 0 Å². The Labute approximate surface area is 129 Å². The van der Waals surface area contributed by atoms with Crippen LogP contribution < -0.4 is 0 Å². The topological polar surface area (TPSA) is 20.2 Å². The number of rotatable bonds is 3. The molecule has 4 atom stereocenters. The Bertz CT molecular complexity index is 479. The predicted octanol–water partition coefficient (Wildman–Crippen LogP) is 4.81. The summed E-state index contributed by atoms with van der Waals surface area (Å²) in [5.74, 6) is 2.41. The van der Waals surface area contributed by atoms with Gasteiger partial charge < -0.3 is 5.11 Å². The molecule has 116 valence electrons. The highest BCUT2D eigenvalue weighted by atomic mass is 16.3. The number of fused-ring (bicyclic) bond motifs is 1. The van der Waals surface area contributed by atoms with E-state index < -0.39 is 0 Å². The molecule has 0 spiro atoms. The van der Waals surface area contributed by atoms with Gasteiger partial charge in [-0.05, 0) is 68.4 Å². The van der Waals surface area contributed by atoms with E-state index in [0.29, 0.717) is 5.92 Å². The molecule has 0 heterocycles. The fourth-order valence-electron chi connectivity index (χ4n) is 4.67. The third kappa shape index (κ3) is 3.51. The van der Waals surface area contributed by atoms with Crippen molar-refractivity contribution in [2.45, 2.75) is 71.3 Å². The van der Waals surface area contributed by atoms with Crippen molar-refractivity contribution in [1.82, 2.24) is 0 Å². The summed E-state index contributed by atoms with van der Waals surface area (Å²) in [5.41, 5.74) is 3.97. The molecule has 0 radical (unpaired) electrons. The Morgan fingerprint density at radius 2 is 1.81 bits per heavy atom. The lowest BCUT2D eigenvalue weighted by molar-refractivity contribution is 0.0360. The average Bonchev–Trinajstić information content (AvgIpc) is 2.50. The van der Waals surface area contributed by atoms with Gasteiger partial charge in [-0.15, -0.1) is 0 Å². The molecule has 1 aromatic rings. The minimum atomic E-state index is -0.145. The molecular weight excluding hydrogens is 256 g/mol. The van der Waals surface area contributed by atoms with E-state index in [1.165, 1.54) is 61.6 Å². The van der Waals surface area contributed by atoms with Crippen LogP contribution in [0.4, 0.5) is 0 Å². The SMILES string of the molecule is Cc1ccc(C)c(CC(O)C2CCC3CCCCC3C2)c1. The molecule has 0 aromatic heterocycles. The Kier molecular flexibility index (Phi) is 4.69.